The van der Waals surface area contributed by atoms with Crippen molar-refractivity contribution in [2.45, 2.75) is 0 Å². The van der Waals surface area contributed by atoms with E-state index in [0.29, 0.717) is 0 Å². The minimum atomic E-state index is -0.312. The third kappa shape index (κ3) is 43.0. The van der Waals surface area contributed by atoms with E-state index in [1.165, 1.54) is 0 Å². The van der Waals surface area contributed by atoms with Crippen molar-refractivity contribution in [1.82, 2.24) is 10.6 Å². The van der Waals surface area contributed by atoms with E-state index in [1.54, 1.807) is 0 Å². The number of rotatable bonds is 0. The van der Waals surface area contributed by atoms with Crippen LogP contribution in [0.5, 0.6) is 0 Å². The van der Waals surface area contributed by atoms with Crippen molar-refractivity contribution < 1.29 is 0 Å². The molecule has 92 valence electrons. The Kier molecular flexibility index (Phi) is 14.4. The minimum Gasteiger partial charge on any atom is -0.370 e. The van der Waals surface area contributed by atoms with E-state index in [9.17, 15) is 0 Å². The zero-order valence-electron chi connectivity index (χ0n) is 8.72. The maximum atomic E-state index is 6.47. The first kappa shape index (κ1) is 18.9. The van der Waals surface area contributed by atoms with Crippen LogP contribution in [-0.4, -0.2) is 23.8 Å². The average Bonchev–Trinajstić information content (AvgIpc) is 2.03. The van der Waals surface area contributed by atoms with Crippen molar-refractivity contribution >= 4 is 23.8 Å². The van der Waals surface area contributed by atoms with Gasteiger partial charge in [-0.15, -0.1) is 13.2 Å². The van der Waals surface area contributed by atoms with Gasteiger partial charge in [-0.3, -0.25) is 32.3 Å². The van der Waals surface area contributed by atoms with Crippen molar-refractivity contribution in [2.24, 2.45) is 22.9 Å². The second-order valence-corrected chi connectivity index (χ2v) is 1.90. The van der Waals surface area contributed by atoms with Crippen LogP contribution >= 0.6 is 0 Å². The molecular formula is C6H18N10. The van der Waals surface area contributed by atoms with Gasteiger partial charge in [0.25, 0.3) is 0 Å². The molecule has 0 fully saturated rings. The monoisotopic (exact) mass is 230 g/mol. The number of hydrogen-bond donors (Lipinski definition) is 10. The summed E-state index contributed by atoms with van der Waals surface area (Å²) in [6.07, 6.45) is 0. The van der Waals surface area contributed by atoms with E-state index in [1.807, 2.05) is 10.6 Å². The minimum absolute atomic E-state index is 0.312. The molecule has 0 radical (unpaired) electrons. The van der Waals surface area contributed by atoms with Crippen LogP contribution in [0.2, 0.25) is 0 Å². The SMILES string of the molecule is C=C.N=C(N)NC(=N)N.N=C(N)NC(=N)N. The quantitative estimate of drug-likeness (QED) is 0.123. The van der Waals surface area contributed by atoms with E-state index in [2.05, 4.69) is 13.2 Å². The molecule has 0 rings (SSSR count). The zero-order valence-corrected chi connectivity index (χ0v) is 8.72. The molecule has 0 unspecified atom stereocenters. The number of nitrogens with one attached hydrogen (secondary N) is 6. The van der Waals surface area contributed by atoms with Gasteiger partial charge in [0.2, 0.25) is 0 Å². The molecule has 14 N–H and O–H groups in total. The number of nitrogens with two attached hydrogens (primary N) is 4. The fourth-order valence-corrected chi connectivity index (χ4v) is 0.290. The molecule has 0 saturated heterocycles. The van der Waals surface area contributed by atoms with Crippen LogP contribution in [0.25, 0.3) is 0 Å². The summed E-state index contributed by atoms with van der Waals surface area (Å²) in [6, 6.07) is 0. The van der Waals surface area contributed by atoms with Gasteiger partial charge in [0, 0.05) is 0 Å². The fourth-order valence-electron chi connectivity index (χ4n) is 0.290. The van der Waals surface area contributed by atoms with Gasteiger partial charge < -0.3 is 22.9 Å². The Bertz CT molecular complexity index is 206. The fraction of sp³-hybridized carbons (Fsp3) is 0. The predicted molar refractivity (Wildman–Crippen MR) is 65.2 cm³/mol. The topological polar surface area (TPSA) is 224 Å². The highest BCUT2D eigenvalue weighted by Gasteiger charge is 1.84. The lowest BCUT2D eigenvalue weighted by molar-refractivity contribution is 1.18. The molecule has 0 aromatic carbocycles. The number of hydrogen-bond acceptors (Lipinski definition) is 4. The molecule has 16 heavy (non-hydrogen) atoms. The third-order valence-electron chi connectivity index (χ3n) is 0.539. The van der Waals surface area contributed by atoms with E-state index in [4.69, 9.17) is 44.6 Å². The molecule has 0 spiro atoms. The predicted octanol–water partition coefficient (Wildman–Crippen LogP) is -2.47. The summed E-state index contributed by atoms with van der Waals surface area (Å²) in [5, 5.41) is 29.9. The van der Waals surface area contributed by atoms with Gasteiger partial charge in [-0.25, -0.2) is 0 Å². The molecular weight excluding hydrogens is 212 g/mol. The Morgan fingerprint density at radius 3 is 0.750 bits per heavy atom. The van der Waals surface area contributed by atoms with Crippen molar-refractivity contribution in [2.75, 3.05) is 0 Å². The van der Waals surface area contributed by atoms with E-state index in [0.717, 1.165) is 0 Å². The Hall–Kier alpha value is -2.78. The molecule has 0 aromatic rings. The van der Waals surface area contributed by atoms with Crippen molar-refractivity contribution in [1.29, 1.82) is 21.6 Å². The molecule has 0 aliphatic heterocycles. The Balaban J connectivity index is -0.000000183. The summed E-state index contributed by atoms with van der Waals surface area (Å²) in [6.45, 7) is 6.00. The van der Waals surface area contributed by atoms with E-state index in [-0.39, 0.29) is 23.8 Å². The van der Waals surface area contributed by atoms with Gasteiger partial charge in [-0.05, 0) is 0 Å². The van der Waals surface area contributed by atoms with Gasteiger partial charge >= 0.3 is 0 Å². The molecule has 0 heterocycles. The van der Waals surface area contributed by atoms with Gasteiger partial charge in [-0.2, -0.15) is 0 Å². The summed E-state index contributed by atoms with van der Waals surface area (Å²) in [5.74, 6) is -1.25. The summed E-state index contributed by atoms with van der Waals surface area (Å²) in [5.41, 5.74) is 19.0. The van der Waals surface area contributed by atoms with Crippen molar-refractivity contribution in [3.63, 3.8) is 0 Å². The second-order valence-electron chi connectivity index (χ2n) is 1.90. The summed E-state index contributed by atoms with van der Waals surface area (Å²) in [4.78, 5) is 0. The van der Waals surface area contributed by atoms with Gasteiger partial charge in [0.05, 0.1) is 0 Å². The molecule has 10 heteroatoms. The first-order valence-corrected chi connectivity index (χ1v) is 3.65. The summed E-state index contributed by atoms with van der Waals surface area (Å²) in [7, 11) is 0. The van der Waals surface area contributed by atoms with E-state index < -0.39 is 0 Å². The molecule has 0 atom stereocenters. The standard InChI is InChI=1S/2C2H7N5.C2H4/c2*3-1(4)7-2(5)6;1-2/h2*(H7,3,4,5,6,7);1-2H2. The lowest BCUT2D eigenvalue weighted by Crippen LogP contribution is -2.39. The van der Waals surface area contributed by atoms with Crippen molar-refractivity contribution in [3.05, 3.63) is 13.2 Å². The molecule has 0 aliphatic rings. The Morgan fingerprint density at radius 2 is 0.750 bits per heavy atom. The lowest BCUT2D eigenvalue weighted by atomic mass is 10.9. The largest absolute Gasteiger partial charge is 0.370 e. The summed E-state index contributed by atoms with van der Waals surface area (Å²) < 4.78 is 0. The van der Waals surface area contributed by atoms with Gasteiger partial charge in [-0.1, -0.05) is 0 Å². The zero-order chi connectivity index (χ0) is 13.7. The molecule has 0 amide bonds. The Morgan fingerprint density at radius 1 is 0.625 bits per heavy atom. The normalized spacial score (nSPS) is 6.75. The highest BCUT2D eigenvalue weighted by Crippen LogP contribution is 1.44. The van der Waals surface area contributed by atoms with Crippen LogP contribution in [0.3, 0.4) is 0 Å². The molecule has 0 aromatic heterocycles. The molecule has 0 aliphatic carbocycles. The summed E-state index contributed by atoms with van der Waals surface area (Å²) >= 11 is 0. The van der Waals surface area contributed by atoms with Crippen LogP contribution in [0.1, 0.15) is 0 Å². The second kappa shape index (κ2) is 12.2. The van der Waals surface area contributed by atoms with Crippen LogP contribution in [0.4, 0.5) is 0 Å². The Labute approximate surface area is 93.1 Å². The molecule has 10 nitrogen and oxygen atoms in total. The smallest absolute Gasteiger partial charge is 0.192 e. The third-order valence-corrected chi connectivity index (χ3v) is 0.539. The first-order chi connectivity index (χ1) is 7.25. The lowest BCUT2D eigenvalue weighted by Gasteiger charge is -1.95. The first-order valence-electron chi connectivity index (χ1n) is 3.65. The molecule has 0 saturated carbocycles. The van der Waals surface area contributed by atoms with E-state index >= 15 is 0 Å². The number of guanidine groups is 4. The highest BCUT2D eigenvalue weighted by atomic mass is 15.1. The van der Waals surface area contributed by atoms with Crippen LogP contribution in [0, 0.1) is 21.6 Å². The van der Waals surface area contributed by atoms with Crippen molar-refractivity contribution in [3.8, 4) is 0 Å². The van der Waals surface area contributed by atoms with Gasteiger partial charge in [0.15, 0.2) is 23.8 Å². The maximum absolute atomic E-state index is 6.47. The average molecular weight is 230 g/mol. The van der Waals surface area contributed by atoms with Crippen LogP contribution in [0.15, 0.2) is 13.2 Å². The highest BCUT2D eigenvalue weighted by molar-refractivity contribution is 5.94. The maximum Gasteiger partial charge on any atom is 0.192 e. The van der Waals surface area contributed by atoms with Gasteiger partial charge in [0.1, 0.15) is 0 Å². The van der Waals surface area contributed by atoms with Crippen LogP contribution < -0.4 is 33.6 Å². The molecule has 0 bridgehead atoms. The van der Waals surface area contributed by atoms with Crippen LogP contribution in [-0.2, 0) is 0 Å².